The molecule has 1 aromatic carbocycles. The second-order valence-electron chi connectivity index (χ2n) is 5.13. The molecule has 1 amide bonds. The van der Waals surface area contributed by atoms with Crippen molar-refractivity contribution in [3.05, 3.63) is 60.2 Å². The number of benzene rings is 1. The number of aromatic nitrogens is 1. The first-order valence-electron chi connectivity index (χ1n) is 7.09. The monoisotopic (exact) mass is 286 g/mol. The van der Waals surface area contributed by atoms with Gasteiger partial charge in [-0.2, -0.15) is 4.39 Å². The third-order valence-corrected chi connectivity index (χ3v) is 3.65. The van der Waals surface area contributed by atoms with Gasteiger partial charge in [-0.05, 0) is 23.6 Å². The van der Waals surface area contributed by atoms with Crippen LogP contribution in [0.15, 0.2) is 48.7 Å². The van der Waals surface area contributed by atoms with Gasteiger partial charge in [0, 0.05) is 0 Å². The lowest BCUT2D eigenvalue weighted by Crippen LogP contribution is -2.26. The molecule has 21 heavy (non-hydrogen) atoms. The van der Waals surface area contributed by atoms with Crippen molar-refractivity contribution < 1.29 is 9.18 Å². The number of amides is 1. The lowest BCUT2D eigenvalue weighted by atomic mass is 9.85. The molecule has 0 spiro atoms. The number of pyridine rings is 1. The number of halogens is 1. The lowest BCUT2D eigenvalue weighted by Gasteiger charge is -2.22. The second-order valence-corrected chi connectivity index (χ2v) is 5.13. The second kappa shape index (κ2) is 6.97. The first-order valence-corrected chi connectivity index (χ1v) is 7.09. The van der Waals surface area contributed by atoms with Crippen LogP contribution in [-0.4, -0.2) is 10.9 Å². The van der Waals surface area contributed by atoms with Crippen LogP contribution >= 0.6 is 0 Å². The average Bonchev–Trinajstić information content (AvgIpc) is 2.50. The molecule has 2 aromatic rings. The van der Waals surface area contributed by atoms with Gasteiger partial charge in [0.15, 0.2) is 0 Å². The Labute approximate surface area is 124 Å². The minimum atomic E-state index is -0.561. The Morgan fingerprint density at radius 3 is 2.52 bits per heavy atom. The molecule has 1 heterocycles. The van der Waals surface area contributed by atoms with Crippen molar-refractivity contribution in [3.63, 3.8) is 0 Å². The summed E-state index contributed by atoms with van der Waals surface area (Å²) in [6.45, 7) is 4.12. The first-order chi connectivity index (χ1) is 10.1. The molecular weight excluding hydrogens is 267 g/mol. The van der Waals surface area contributed by atoms with Gasteiger partial charge in [0.05, 0.1) is 17.8 Å². The van der Waals surface area contributed by atoms with Crippen molar-refractivity contribution in [1.29, 1.82) is 0 Å². The van der Waals surface area contributed by atoms with E-state index in [0.29, 0.717) is 5.69 Å². The molecule has 0 aliphatic heterocycles. The fourth-order valence-electron chi connectivity index (χ4n) is 2.30. The summed E-state index contributed by atoms with van der Waals surface area (Å²) in [6, 6.07) is 12.4. The highest BCUT2D eigenvalue weighted by Gasteiger charge is 2.25. The maximum atomic E-state index is 12.8. The van der Waals surface area contributed by atoms with E-state index in [0.717, 1.165) is 12.0 Å². The topological polar surface area (TPSA) is 42.0 Å². The number of hydrogen-bond acceptors (Lipinski definition) is 2. The summed E-state index contributed by atoms with van der Waals surface area (Å²) in [5.41, 5.74) is 1.49. The molecule has 0 aliphatic carbocycles. The van der Waals surface area contributed by atoms with E-state index in [4.69, 9.17) is 0 Å². The van der Waals surface area contributed by atoms with Crippen molar-refractivity contribution in [2.75, 3.05) is 5.32 Å². The zero-order valence-electron chi connectivity index (χ0n) is 12.2. The Morgan fingerprint density at radius 1 is 1.24 bits per heavy atom. The van der Waals surface area contributed by atoms with Crippen LogP contribution in [0.2, 0.25) is 0 Å². The van der Waals surface area contributed by atoms with E-state index in [1.54, 1.807) is 0 Å². The van der Waals surface area contributed by atoms with Gasteiger partial charge in [-0.3, -0.25) is 4.79 Å². The third kappa shape index (κ3) is 3.88. The molecule has 0 saturated heterocycles. The van der Waals surface area contributed by atoms with Crippen LogP contribution in [0, 0.1) is 11.9 Å². The van der Waals surface area contributed by atoms with E-state index in [-0.39, 0.29) is 17.7 Å². The van der Waals surface area contributed by atoms with Crippen LogP contribution in [0.4, 0.5) is 10.1 Å². The van der Waals surface area contributed by atoms with Gasteiger partial charge in [-0.25, -0.2) is 4.98 Å². The summed E-state index contributed by atoms with van der Waals surface area (Å²) in [4.78, 5) is 16.1. The Morgan fingerprint density at radius 2 is 1.95 bits per heavy atom. The molecular formula is C17H19FN2O. The van der Waals surface area contributed by atoms with Crippen molar-refractivity contribution >= 4 is 11.6 Å². The smallest absolute Gasteiger partial charge is 0.232 e. The summed E-state index contributed by atoms with van der Waals surface area (Å²) < 4.78 is 12.8. The van der Waals surface area contributed by atoms with Crippen LogP contribution in [0.1, 0.15) is 31.7 Å². The van der Waals surface area contributed by atoms with Crippen LogP contribution in [0.3, 0.4) is 0 Å². The molecule has 0 saturated carbocycles. The summed E-state index contributed by atoms with van der Waals surface area (Å²) in [5, 5.41) is 2.81. The summed E-state index contributed by atoms with van der Waals surface area (Å²) in [7, 11) is 0. The summed E-state index contributed by atoms with van der Waals surface area (Å²) >= 11 is 0. The van der Waals surface area contributed by atoms with Crippen LogP contribution in [-0.2, 0) is 4.79 Å². The number of carbonyl (C=O) groups is 1. The fraction of sp³-hybridized carbons (Fsp3) is 0.294. The Balaban J connectivity index is 2.20. The van der Waals surface area contributed by atoms with Crippen LogP contribution in [0.25, 0.3) is 0 Å². The predicted molar refractivity (Wildman–Crippen MR) is 81.5 cm³/mol. The van der Waals surface area contributed by atoms with Gasteiger partial charge in [-0.1, -0.05) is 50.6 Å². The minimum absolute atomic E-state index is 0.0936. The molecule has 0 radical (unpaired) electrons. The largest absolute Gasteiger partial charge is 0.324 e. The van der Waals surface area contributed by atoms with Crippen molar-refractivity contribution in [1.82, 2.24) is 4.98 Å². The molecule has 4 heteroatoms. The zero-order valence-corrected chi connectivity index (χ0v) is 12.2. The van der Waals surface area contributed by atoms with Gasteiger partial charge < -0.3 is 5.32 Å². The number of nitrogens with zero attached hydrogens (tertiary/aromatic N) is 1. The maximum Gasteiger partial charge on any atom is 0.232 e. The van der Waals surface area contributed by atoms with Crippen molar-refractivity contribution in [3.8, 4) is 0 Å². The van der Waals surface area contributed by atoms with Crippen molar-refractivity contribution in [2.45, 2.75) is 26.2 Å². The molecule has 1 N–H and O–H groups in total. The first kappa shape index (κ1) is 15.2. The third-order valence-electron chi connectivity index (χ3n) is 3.65. The molecule has 110 valence electrons. The highest BCUT2D eigenvalue weighted by atomic mass is 19.1. The molecule has 2 rings (SSSR count). The predicted octanol–water partition coefficient (Wildman–Crippen LogP) is 3.99. The van der Waals surface area contributed by atoms with Gasteiger partial charge in [0.1, 0.15) is 0 Å². The molecule has 0 bridgehead atoms. The van der Waals surface area contributed by atoms with E-state index < -0.39 is 5.95 Å². The fourth-order valence-corrected chi connectivity index (χ4v) is 2.30. The molecule has 3 nitrogen and oxygen atoms in total. The van der Waals surface area contributed by atoms with Crippen LogP contribution < -0.4 is 5.32 Å². The van der Waals surface area contributed by atoms with E-state index in [1.165, 1.54) is 18.3 Å². The molecule has 2 unspecified atom stereocenters. The maximum absolute atomic E-state index is 12.8. The molecule has 1 aromatic heterocycles. The summed E-state index contributed by atoms with van der Waals surface area (Å²) in [5.74, 6) is -0.680. The van der Waals surface area contributed by atoms with Gasteiger partial charge >= 0.3 is 0 Å². The molecule has 0 fully saturated rings. The molecule has 2 atom stereocenters. The average molecular weight is 286 g/mol. The Hall–Kier alpha value is -2.23. The zero-order chi connectivity index (χ0) is 15.2. The van der Waals surface area contributed by atoms with E-state index in [1.807, 2.05) is 30.3 Å². The number of nitrogens with one attached hydrogen (secondary N) is 1. The number of rotatable bonds is 5. The van der Waals surface area contributed by atoms with Crippen molar-refractivity contribution in [2.24, 2.45) is 5.92 Å². The SMILES string of the molecule is CCC(C)C(C(=O)Nc1ccc(F)nc1)c1ccccc1. The number of hydrogen-bond donors (Lipinski definition) is 1. The minimum Gasteiger partial charge on any atom is -0.324 e. The quantitative estimate of drug-likeness (QED) is 0.844. The van der Waals surface area contributed by atoms with Gasteiger partial charge in [-0.15, -0.1) is 0 Å². The lowest BCUT2D eigenvalue weighted by molar-refractivity contribution is -0.118. The van der Waals surface area contributed by atoms with E-state index >= 15 is 0 Å². The van der Waals surface area contributed by atoms with Crippen LogP contribution in [0.5, 0.6) is 0 Å². The van der Waals surface area contributed by atoms with E-state index in [9.17, 15) is 9.18 Å². The Bertz CT molecular complexity index is 583. The standard InChI is InChI=1S/C17H19FN2O/c1-3-12(2)16(13-7-5-4-6-8-13)17(21)20-14-9-10-15(18)19-11-14/h4-12,16H,3H2,1-2H3,(H,20,21). The highest BCUT2D eigenvalue weighted by Crippen LogP contribution is 2.28. The van der Waals surface area contributed by atoms with Gasteiger partial charge in [0.2, 0.25) is 11.9 Å². The van der Waals surface area contributed by atoms with E-state index in [2.05, 4.69) is 24.1 Å². The summed E-state index contributed by atoms with van der Waals surface area (Å²) in [6.07, 6.45) is 2.22. The Kier molecular flexibility index (Phi) is 5.04. The van der Waals surface area contributed by atoms with Gasteiger partial charge in [0.25, 0.3) is 0 Å². The number of carbonyl (C=O) groups excluding carboxylic acids is 1. The molecule has 0 aliphatic rings. The number of anilines is 1. The highest BCUT2D eigenvalue weighted by molar-refractivity contribution is 5.95. The normalized spacial score (nSPS) is 13.5.